The van der Waals surface area contributed by atoms with Crippen molar-refractivity contribution in [3.63, 3.8) is 0 Å². The molecule has 420 valence electrons. The normalized spacial score (nSPS) is 17.2. The Morgan fingerprint density at radius 2 is 0.864 bits per heavy atom. The van der Waals surface area contributed by atoms with Crippen LogP contribution < -0.4 is 28.4 Å². The molecule has 0 amide bonds. The van der Waals surface area contributed by atoms with E-state index in [4.69, 9.17) is 52.4 Å². The number of rotatable bonds is 25. The fourth-order valence-electron chi connectivity index (χ4n) is 8.56. The standard InChI is InChI=1S/C60H56N2O18S/c1-5-50(63)73-34-46(75-52(65)7-3)32-71-42-21-25-44(26-22-42)77-57(67)38-13-17-40(18-14-38)59(69)79-48-29-30-49(55-54(48)62-56(81-55)37-11-9-36(31-61)10-12-37)80-60(70)41-19-15-39(16-20-41)58(68)78-45-27-23-43(24-28-45)72-33-47(76-53(66)8-4)35-74-51(64)6-2/h5-12,21-30,38-41,46-47H,1-4,13-20,32-35H2. The van der Waals surface area contributed by atoms with Crippen molar-refractivity contribution in [2.24, 2.45) is 23.7 Å². The zero-order chi connectivity index (χ0) is 57.8. The summed E-state index contributed by atoms with van der Waals surface area (Å²) in [5.74, 6) is -5.22. The molecule has 0 aliphatic heterocycles. The minimum absolute atomic E-state index is 0.148. The third-order valence-corrected chi connectivity index (χ3v) is 14.1. The van der Waals surface area contributed by atoms with Crippen molar-refractivity contribution in [1.29, 1.82) is 5.26 Å². The lowest BCUT2D eigenvalue weighted by molar-refractivity contribution is -0.154. The van der Waals surface area contributed by atoms with E-state index < -0.39 is 83.6 Å². The molecule has 1 heterocycles. The van der Waals surface area contributed by atoms with Gasteiger partial charge in [-0.15, -0.1) is 11.3 Å². The second-order valence-electron chi connectivity index (χ2n) is 18.5. The molecule has 5 aromatic rings. The summed E-state index contributed by atoms with van der Waals surface area (Å²) in [4.78, 5) is 105. The van der Waals surface area contributed by atoms with E-state index in [9.17, 15) is 43.6 Å². The van der Waals surface area contributed by atoms with Crippen LogP contribution in [0.3, 0.4) is 0 Å². The molecule has 0 radical (unpaired) electrons. The van der Waals surface area contributed by atoms with Gasteiger partial charge in [-0.3, -0.25) is 19.2 Å². The molecule has 20 nitrogen and oxygen atoms in total. The summed E-state index contributed by atoms with van der Waals surface area (Å²) in [6.45, 7) is 12.5. The van der Waals surface area contributed by atoms with Crippen LogP contribution in [0.1, 0.15) is 56.9 Å². The lowest BCUT2D eigenvalue weighted by Gasteiger charge is -2.26. The Balaban J connectivity index is 0.912. The molecular weight excluding hydrogens is 1070 g/mol. The molecule has 21 heteroatoms. The van der Waals surface area contributed by atoms with E-state index in [2.05, 4.69) is 32.4 Å². The summed E-state index contributed by atoms with van der Waals surface area (Å²) < 4.78 is 55.5. The summed E-state index contributed by atoms with van der Waals surface area (Å²) in [6.07, 6.45) is 4.88. The van der Waals surface area contributed by atoms with Gasteiger partial charge >= 0.3 is 47.8 Å². The smallest absolute Gasteiger partial charge is 0.330 e. The SMILES string of the molecule is C=CC(=O)OCC(COc1ccc(OC(=O)C2CCC(C(=O)Oc3ccc(OC(=O)C4CCC(C(=O)Oc5ccc(OCC(COC(=O)C=C)OC(=O)C=C)cc5)CC4)c4sc(-c5ccc(C#N)cc5)nc34)CC2)cc1)OC(=O)C=C. The van der Waals surface area contributed by atoms with Crippen LogP contribution in [-0.4, -0.2) is 91.4 Å². The molecule has 2 aliphatic carbocycles. The largest absolute Gasteiger partial charge is 0.490 e. The molecule has 0 spiro atoms. The average Bonchev–Trinajstić information content (AvgIpc) is 3.98. The highest BCUT2D eigenvalue weighted by atomic mass is 32.1. The van der Waals surface area contributed by atoms with E-state index in [-0.39, 0.29) is 54.9 Å². The Kier molecular flexibility index (Phi) is 21.2. The van der Waals surface area contributed by atoms with Gasteiger partial charge in [-0.1, -0.05) is 38.4 Å². The van der Waals surface area contributed by atoms with E-state index in [1.165, 1.54) is 41.7 Å². The second-order valence-corrected chi connectivity index (χ2v) is 19.5. The van der Waals surface area contributed by atoms with Crippen LogP contribution in [0, 0.1) is 35.0 Å². The highest BCUT2D eigenvalue weighted by Gasteiger charge is 2.35. The molecule has 4 aromatic carbocycles. The first-order chi connectivity index (χ1) is 39.1. The first-order valence-electron chi connectivity index (χ1n) is 25.7. The van der Waals surface area contributed by atoms with Crippen molar-refractivity contribution in [1.82, 2.24) is 4.98 Å². The lowest BCUT2D eigenvalue weighted by atomic mass is 9.82. The summed E-state index contributed by atoms with van der Waals surface area (Å²) in [5, 5.41) is 9.91. The number of hydrogen-bond acceptors (Lipinski definition) is 21. The van der Waals surface area contributed by atoms with Crippen LogP contribution in [0.15, 0.2) is 136 Å². The fraction of sp³-hybridized carbons (Fsp3) is 0.300. The average molecular weight is 1130 g/mol. The van der Waals surface area contributed by atoms with Crippen molar-refractivity contribution >= 4 is 69.3 Å². The Morgan fingerprint density at radius 3 is 1.26 bits per heavy atom. The van der Waals surface area contributed by atoms with Crippen molar-refractivity contribution in [3.05, 3.63) is 141 Å². The van der Waals surface area contributed by atoms with E-state index in [1.54, 1.807) is 54.6 Å². The molecule has 81 heavy (non-hydrogen) atoms. The maximum atomic E-state index is 13.8. The zero-order valence-corrected chi connectivity index (χ0v) is 44.6. The van der Waals surface area contributed by atoms with Crippen LogP contribution in [0.2, 0.25) is 0 Å². The van der Waals surface area contributed by atoms with Crippen LogP contribution >= 0.6 is 11.3 Å². The molecular formula is C60H56N2O18S. The number of fused-ring (bicyclic) bond motifs is 1. The predicted octanol–water partition coefficient (Wildman–Crippen LogP) is 8.88. The Labute approximate surface area is 469 Å². The second kappa shape index (κ2) is 29.0. The maximum Gasteiger partial charge on any atom is 0.330 e. The first-order valence-corrected chi connectivity index (χ1v) is 26.5. The van der Waals surface area contributed by atoms with Gasteiger partial charge in [0, 0.05) is 29.9 Å². The van der Waals surface area contributed by atoms with Gasteiger partial charge in [0.1, 0.15) is 64.6 Å². The van der Waals surface area contributed by atoms with Crippen molar-refractivity contribution in [2.45, 2.75) is 63.6 Å². The van der Waals surface area contributed by atoms with Gasteiger partial charge in [-0.25, -0.2) is 24.2 Å². The third kappa shape index (κ3) is 17.0. The Morgan fingerprint density at radius 1 is 0.494 bits per heavy atom. The number of nitrogens with zero attached hydrogens (tertiary/aromatic N) is 2. The molecule has 2 atom stereocenters. The Hall–Kier alpha value is -9.42. The lowest BCUT2D eigenvalue weighted by Crippen LogP contribution is -2.30. The summed E-state index contributed by atoms with van der Waals surface area (Å²) in [5.41, 5.74) is 1.41. The Bertz CT molecular complexity index is 3000. The molecule has 2 unspecified atom stereocenters. The van der Waals surface area contributed by atoms with Crippen LogP contribution in [0.25, 0.3) is 20.8 Å². The minimum atomic E-state index is -0.932. The summed E-state index contributed by atoms with van der Waals surface area (Å²) >= 11 is 1.22. The number of carbonyl (C=O) groups excluding carboxylic acids is 8. The van der Waals surface area contributed by atoms with Crippen LogP contribution in [0.4, 0.5) is 0 Å². The molecule has 0 N–H and O–H groups in total. The predicted molar refractivity (Wildman–Crippen MR) is 290 cm³/mol. The van der Waals surface area contributed by atoms with Crippen molar-refractivity contribution in [2.75, 3.05) is 26.4 Å². The zero-order valence-electron chi connectivity index (χ0n) is 43.8. The minimum Gasteiger partial charge on any atom is -0.490 e. The van der Waals surface area contributed by atoms with E-state index >= 15 is 0 Å². The molecule has 0 saturated heterocycles. The third-order valence-electron chi connectivity index (χ3n) is 13.0. The summed E-state index contributed by atoms with van der Waals surface area (Å²) in [7, 11) is 0. The van der Waals surface area contributed by atoms with Gasteiger partial charge in [0.2, 0.25) is 0 Å². The van der Waals surface area contributed by atoms with Crippen LogP contribution in [0.5, 0.6) is 34.5 Å². The van der Waals surface area contributed by atoms with Gasteiger partial charge in [0.05, 0.1) is 35.3 Å². The number of benzene rings is 4. The van der Waals surface area contributed by atoms with Gasteiger partial charge in [-0.05, 0) is 124 Å². The van der Waals surface area contributed by atoms with Gasteiger partial charge in [-0.2, -0.15) is 5.26 Å². The van der Waals surface area contributed by atoms with Gasteiger partial charge < -0.3 is 47.4 Å². The highest BCUT2D eigenvalue weighted by molar-refractivity contribution is 7.22. The molecule has 0 bridgehead atoms. The molecule has 2 fully saturated rings. The van der Waals surface area contributed by atoms with Crippen LogP contribution in [-0.2, 0) is 57.3 Å². The number of thiazole rings is 1. The summed E-state index contributed by atoms with van der Waals surface area (Å²) in [6, 6.07) is 24.3. The van der Waals surface area contributed by atoms with Crippen molar-refractivity contribution in [3.8, 4) is 51.1 Å². The van der Waals surface area contributed by atoms with Gasteiger partial charge in [0.15, 0.2) is 23.7 Å². The number of nitriles is 1. The topological polar surface area (TPSA) is 266 Å². The molecule has 2 saturated carbocycles. The number of aromatic nitrogens is 1. The first kappa shape index (κ1) is 59.2. The monoisotopic (exact) mass is 1120 g/mol. The number of carbonyl (C=O) groups is 8. The van der Waals surface area contributed by atoms with E-state index in [0.717, 1.165) is 24.3 Å². The highest BCUT2D eigenvalue weighted by Crippen LogP contribution is 2.42. The molecule has 1 aromatic heterocycles. The van der Waals surface area contributed by atoms with Crippen molar-refractivity contribution < 1.29 is 85.7 Å². The number of hydrogen-bond donors (Lipinski definition) is 0. The number of ether oxygens (including phenoxy) is 10. The van der Waals surface area contributed by atoms with E-state index in [0.29, 0.717) is 83.7 Å². The molecule has 2 aliphatic rings. The number of esters is 8. The van der Waals surface area contributed by atoms with E-state index in [1.807, 2.05) is 0 Å². The molecule has 7 rings (SSSR count). The van der Waals surface area contributed by atoms with Gasteiger partial charge in [0.25, 0.3) is 0 Å². The quantitative estimate of drug-likeness (QED) is 0.0228. The maximum absolute atomic E-state index is 13.8. The fourth-order valence-corrected chi connectivity index (χ4v) is 9.59.